The summed E-state index contributed by atoms with van der Waals surface area (Å²) >= 11 is 5.91. The molecule has 0 radical (unpaired) electrons. The summed E-state index contributed by atoms with van der Waals surface area (Å²) in [5.74, 6) is -0.716. The monoisotopic (exact) mass is 297 g/mol. The molecular weight excluding hydrogens is 278 g/mol. The first-order valence-corrected chi connectivity index (χ1v) is 6.71. The van der Waals surface area contributed by atoms with Gasteiger partial charge in [-0.1, -0.05) is 11.6 Å². The van der Waals surface area contributed by atoms with Crippen molar-refractivity contribution in [2.75, 3.05) is 11.9 Å². The van der Waals surface area contributed by atoms with Crippen LogP contribution >= 0.6 is 11.6 Å². The van der Waals surface area contributed by atoms with E-state index in [-0.39, 0.29) is 22.0 Å². The van der Waals surface area contributed by atoms with E-state index < -0.39 is 5.91 Å². The maximum absolute atomic E-state index is 11.7. The van der Waals surface area contributed by atoms with Crippen LogP contribution < -0.4 is 16.4 Å². The largest absolute Gasteiger partial charge is 0.366 e. The Labute approximate surface area is 123 Å². The number of carbonyl (C=O) groups excluding carboxylic acids is 2. The molecule has 0 heterocycles. The molecule has 0 aliphatic heterocycles. The molecule has 110 valence electrons. The minimum absolute atomic E-state index is 0.0211. The van der Waals surface area contributed by atoms with E-state index in [0.29, 0.717) is 18.7 Å². The molecule has 0 aromatic heterocycles. The second-order valence-electron chi connectivity index (χ2n) is 5.53. The van der Waals surface area contributed by atoms with E-state index in [1.165, 1.54) is 12.1 Å². The van der Waals surface area contributed by atoms with Crippen LogP contribution in [0.15, 0.2) is 18.2 Å². The zero-order valence-electron chi connectivity index (χ0n) is 11.9. The van der Waals surface area contributed by atoms with Crippen molar-refractivity contribution < 1.29 is 9.59 Å². The van der Waals surface area contributed by atoms with Crippen molar-refractivity contribution in [3.8, 4) is 0 Å². The van der Waals surface area contributed by atoms with E-state index in [1.54, 1.807) is 6.07 Å². The number of primary amides is 1. The highest BCUT2D eigenvalue weighted by Crippen LogP contribution is 2.20. The first-order valence-electron chi connectivity index (χ1n) is 6.33. The number of carbonyl (C=O) groups is 2. The Hall–Kier alpha value is -1.59. The third kappa shape index (κ3) is 5.59. The number of nitrogens with one attached hydrogen (secondary N) is 2. The zero-order valence-corrected chi connectivity index (χ0v) is 12.7. The molecule has 0 spiro atoms. The van der Waals surface area contributed by atoms with E-state index in [0.717, 1.165) is 0 Å². The van der Waals surface area contributed by atoms with Crippen LogP contribution in [-0.4, -0.2) is 23.9 Å². The molecule has 0 unspecified atom stereocenters. The lowest BCUT2D eigenvalue weighted by Crippen LogP contribution is -2.37. The number of hydrogen-bond donors (Lipinski definition) is 3. The predicted molar refractivity (Wildman–Crippen MR) is 81.0 cm³/mol. The SMILES string of the molecule is CC(C)(C)NCCC(=O)Nc1ccc(C(N)=O)c(Cl)c1. The summed E-state index contributed by atoms with van der Waals surface area (Å²) in [6.07, 6.45) is 0.354. The van der Waals surface area contributed by atoms with Crippen LogP contribution in [0.4, 0.5) is 5.69 Å². The molecule has 1 aromatic rings. The molecule has 0 saturated carbocycles. The maximum Gasteiger partial charge on any atom is 0.250 e. The third-order valence-electron chi connectivity index (χ3n) is 2.53. The summed E-state index contributed by atoms with van der Waals surface area (Å²) in [4.78, 5) is 22.8. The van der Waals surface area contributed by atoms with Crippen molar-refractivity contribution in [3.05, 3.63) is 28.8 Å². The topological polar surface area (TPSA) is 84.2 Å². The molecule has 2 amide bonds. The average molecular weight is 298 g/mol. The van der Waals surface area contributed by atoms with Gasteiger partial charge in [-0.2, -0.15) is 0 Å². The van der Waals surface area contributed by atoms with Gasteiger partial charge < -0.3 is 16.4 Å². The van der Waals surface area contributed by atoms with E-state index in [1.807, 2.05) is 20.8 Å². The third-order valence-corrected chi connectivity index (χ3v) is 2.84. The van der Waals surface area contributed by atoms with Crippen molar-refractivity contribution >= 4 is 29.1 Å². The summed E-state index contributed by atoms with van der Waals surface area (Å²) in [5.41, 5.74) is 5.91. The van der Waals surface area contributed by atoms with Crippen LogP contribution in [0.5, 0.6) is 0 Å². The molecule has 1 aromatic carbocycles. The number of hydrogen-bond acceptors (Lipinski definition) is 3. The van der Waals surface area contributed by atoms with Gasteiger partial charge in [0.2, 0.25) is 11.8 Å². The molecule has 0 atom stereocenters. The van der Waals surface area contributed by atoms with E-state index in [2.05, 4.69) is 10.6 Å². The van der Waals surface area contributed by atoms with Crippen LogP contribution in [0, 0.1) is 0 Å². The molecule has 20 heavy (non-hydrogen) atoms. The van der Waals surface area contributed by atoms with Crippen molar-refractivity contribution in [3.63, 3.8) is 0 Å². The number of amides is 2. The first-order chi connectivity index (χ1) is 9.19. The summed E-state index contributed by atoms with van der Waals surface area (Å²) in [6, 6.07) is 4.60. The second kappa shape index (κ2) is 6.72. The molecule has 0 aliphatic carbocycles. The van der Waals surface area contributed by atoms with Crippen LogP contribution in [-0.2, 0) is 4.79 Å². The Morgan fingerprint density at radius 1 is 1.30 bits per heavy atom. The molecule has 0 fully saturated rings. The normalized spacial score (nSPS) is 11.2. The molecule has 0 bridgehead atoms. The van der Waals surface area contributed by atoms with Crippen LogP contribution in [0.3, 0.4) is 0 Å². The summed E-state index contributed by atoms with van der Waals surface area (Å²) in [5, 5.41) is 6.17. The highest BCUT2D eigenvalue weighted by atomic mass is 35.5. The van der Waals surface area contributed by atoms with Gasteiger partial charge in [0.1, 0.15) is 0 Å². The second-order valence-corrected chi connectivity index (χ2v) is 5.94. The van der Waals surface area contributed by atoms with Crippen LogP contribution in [0.2, 0.25) is 5.02 Å². The van der Waals surface area contributed by atoms with Gasteiger partial charge in [0, 0.05) is 24.2 Å². The number of rotatable bonds is 5. The fraction of sp³-hybridized carbons (Fsp3) is 0.429. The Bertz CT molecular complexity index is 510. The van der Waals surface area contributed by atoms with Gasteiger partial charge in [0.15, 0.2) is 0 Å². The summed E-state index contributed by atoms with van der Waals surface area (Å²) in [7, 11) is 0. The lowest BCUT2D eigenvalue weighted by atomic mass is 10.1. The molecule has 0 saturated heterocycles. The molecule has 6 heteroatoms. The van der Waals surface area contributed by atoms with Gasteiger partial charge in [-0.05, 0) is 39.0 Å². The van der Waals surface area contributed by atoms with Crippen molar-refractivity contribution in [2.45, 2.75) is 32.7 Å². The predicted octanol–water partition coefficient (Wildman–Crippen LogP) is 2.16. The van der Waals surface area contributed by atoms with Gasteiger partial charge in [-0.15, -0.1) is 0 Å². The fourth-order valence-electron chi connectivity index (χ4n) is 1.57. The lowest BCUT2D eigenvalue weighted by Gasteiger charge is -2.20. The van der Waals surface area contributed by atoms with E-state index in [9.17, 15) is 9.59 Å². The number of benzene rings is 1. The highest BCUT2D eigenvalue weighted by molar-refractivity contribution is 6.34. The Morgan fingerprint density at radius 3 is 2.45 bits per heavy atom. The highest BCUT2D eigenvalue weighted by Gasteiger charge is 2.11. The minimum Gasteiger partial charge on any atom is -0.366 e. The summed E-state index contributed by atoms with van der Waals surface area (Å²) in [6.45, 7) is 6.69. The van der Waals surface area contributed by atoms with E-state index in [4.69, 9.17) is 17.3 Å². The van der Waals surface area contributed by atoms with Crippen molar-refractivity contribution in [2.24, 2.45) is 5.73 Å². The minimum atomic E-state index is -0.595. The number of nitrogens with two attached hydrogens (primary N) is 1. The van der Waals surface area contributed by atoms with Gasteiger partial charge in [0.25, 0.3) is 0 Å². The maximum atomic E-state index is 11.7. The average Bonchev–Trinajstić information content (AvgIpc) is 2.26. The smallest absolute Gasteiger partial charge is 0.250 e. The fourth-order valence-corrected chi connectivity index (χ4v) is 1.84. The number of halogens is 1. The lowest BCUT2D eigenvalue weighted by molar-refractivity contribution is -0.116. The quantitative estimate of drug-likeness (QED) is 0.778. The van der Waals surface area contributed by atoms with Gasteiger partial charge >= 0.3 is 0 Å². The van der Waals surface area contributed by atoms with Crippen molar-refractivity contribution in [1.82, 2.24) is 5.32 Å². The van der Waals surface area contributed by atoms with Gasteiger partial charge in [0.05, 0.1) is 10.6 Å². The number of anilines is 1. The van der Waals surface area contributed by atoms with Gasteiger partial charge in [-0.25, -0.2) is 0 Å². The van der Waals surface area contributed by atoms with Crippen LogP contribution in [0.25, 0.3) is 0 Å². The molecule has 1 rings (SSSR count). The van der Waals surface area contributed by atoms with Gasteiger partial charge in [-0.3, -0.25) is 9.59 Å². The molecule has 5 nitrogen and oxygen atoms in total. The van der Waals surface area contributed by atoms with Crippen molar-refractivity contribution in [1.29, 1.82) is 0 Å². The van der Waals surface area contributed by atoms with Crippen LogP contribution in [0.1, 0.15) is 37.6 Å². The van der Waals surface area contributed by atoms with E-state index >= 15 is 0 Å². The zero-order chi connectivity index (χ0) is 15.3. The Morgan fingerprint density at radius 2 is 1.95 bits per heavy atom. The Balaban J connectivity index is 2.54. The first kappa shape index (κ1) is 16.5. The Kier molecular flexibility index (Phi) is 5.53. The molecule has 0 aliphatic rings. The molecule has 4 N–H and O–H groups in total. The summed E-state index contributed by atoms with van der Waals surface area (Å²) < 4.78 is 0. The standard InChI is InChI=1S/C14H20ClN3O2/c1-14(2,3)17-7-6-12(19)18-9-4-5-10(13(16)20)11(15)8-9/h4-5,8,17H,6-7H2,1-3H3,(H2,16,20)(H,18,19). The molecular formula is C14H20ClN3O2.